The summed E-state index contributed by atoms with van der Waals surface area (Å²) in [6.45, 7) is 6.44. The number of nitrogens with one attached hydrogen (secondary N) is 1. The molecule has 1 N–H and O–H groups in total. The molecule has 0 saturated carbocycles. The predicted octanol–water partition coefficient (Wildman–Crippen LogP) is 4.97. The van der Waals surface area contributed by atoms with Crippen LogP contribution in [0.5, 0.6) is 0 Å². The third-order valence-electron chi connectivity index (χ3n) is 3.93. The van der Waals surface area contributed by atoms with Gasteiger partial charge in [-0.05, 0) is 61.6 Å². The van der Waals surface area contributed by atoms with Crippen molar-refractivity contribution in [3.8, 4) is 0 Å². The number of fused-ring (bicyclic) bond motifs is 1. The van der Waals surface area contributed by atoms with Gasteiger partial charge in [0.1, 0.15) is 0 Å². The molecular formula is C17H18ClN. The van der Waals surface area contributed by atoms with Gasteiger partial charge in [0.25, 0.3) is 0 Å². The van der Waals surface area contributed by atoms with E-state index < -0.39 is 0 Å². The van der Waals surface area contributed by atoms with Crippen LogP contribution in [0.1, 0.15) is 33.9 Å². The van der Waals surface area contributed by atoms with Gasteiger partial charge in [0.15, 0.2) is 0 Å². The number of anilines is 1. The molecule has 0 spiro atoms. The molecule has 0 aliphatic carbocycles. The first-order valence-electron chi connectivity index (χ1n) is 6.67. The van der Waals surface area contributed by atoms with Crippen LogP contribution in [0.25, 0.3) is 0 Å². The fraction of sp³-hybridized carbons (Fsp3) is 0.294. The molecule has 1 aliphatic rings. The summed E-state index contributed by atoms with van der Waals surface area (Å²) in [5.41, 5.74) is 7.88. The molecule has 0 fully saturated rings. The largest absolute Gasteiger partial charge is 0.377 e. The van der Waals surface area contributed by atoms with Gasteiger partial charge >= 0.3 is 0 Å². The van der Waals surface area contributed by atoms with E-state index in [-0.39, 0.29) is 0 Å². The second-order valence-electron chi connectivity index (χ2n) is 5.52. The minimum Gasteiger partial charge on any atom is -0.377 e. The van der Waals surface area contributed by atoms with Crippen molar-refractivity contribution in [2.75, 3.05) is 5.32 Å². The van der Waals surface area contributed by atoms with Gasteiger partial charge in [0, 0.05) is 10.7 Å². The second kappa shape index (κ2) is 4.57. The first kappa shape index (κ1) is 12.6. The molecule has 1 unspecified atom stereocenters. The Kier molecular flexibility index (Phi) is 3.02. The zero-order valence-corrected chi connectivity index (χ0v) is 12.3. The molecular weight excluding hydrogens is 254 g/mol. The van der Waals surface area contributed by atoms with Crippen LogP contribution in [0.15, 0.2) is 30.3 Å². The quantitative estimate of drug-likeness (QED) is 0.772. The maximum atomic E-state index is 6.15. The molecule has 0 saturated heterocycles. The van der Waals surface area contributed by atoms with E-state index in [0.717, 1.165) is 11.4 Å². The molecule has 2 aromatic rings. The van der Waals surface area contributed by atoms with Crippen molar-refractivity contribution in [2.45, 2.75) is 33.2 Å². The Morgan fingerprint density at radius 2 is 1.84 bits per heavy atom. The van der Waals surface area contributed by atoms with Gasteiger partial charge in [-0.2, -0.15) is 0 Å². The summed E-state index contributed by atoms with van der Waals surface area (Å²) in [5.74, 6) is 0. The van der Waals surface area contributed by atoms with E-state index in [1.807, 2.05) is 6.07 Å². The lowest BCUT2D eigenvalue weighted by atomic mass is 9.97. The molecule has 1 aliphatic heterocycles. The Labute approximate surface area is 119 Å². The number of rotatable bonds is 1. The van der Waals surface area contributed by atoms with Crippen LogP contribution in [0.2, 0.25) is 5.02 Å². The van der Waals surface area contributed by atoms with Crippen LogP contribution >= 0.6 is 11.6 Å². The maximum absolute atomic E-state index is 6.15. The Hall–Kier alpha value is -1.47. The van der Waals surface area contributed by atoms with Crippen LogP contribution in [-0.2, 0) is 6.42 Å². The number of hydrogen-bond donors (Lipinski definition) is 1. The molecule has 98 valence electrons. The van der Waals surface area contributed by atoms with Crippen molar-refractivity contribution in [3.63, 3.8) is 0 Å². The van der Waals surface area contributed by atoms with Gasteiger partial charge in [-0.15, -0.1) is 0 Å². The van der Waals surface area contributed by atoms with Crippen LogP contribution in [0.4, 0.5) is 5.69 Å². The number of hydrogen-bond acceptors (Lipinski definition) is 1. The minimum atomic E-state index is 0.368. The van der Waals surface area contributed by atoms with Gasteiger partial charge in [0.2, 0.25) is 0 Å². The first-order chi connectivity index (χ1) is 9.04. The molecule has 0 aromatic heterocycles. The lowest BCUT2D eigenvalue weighted by Gasteiger charge is -2.15. The zero-order valence-electron chi connectivity index (χ0n) is 11.5. The summed E-state index contributed by atoms with van der Waals surface area (Å²) in [6, 6.07) is 11.2. The standard InChI is InChI=1S/C17H18ClN/c1-10-4-5-15(11(2)6-10)16-9-13-8-14(18)7-12(3)17(13)19-16/h4-8,16,19H,9H2,1-3H3. The Balaban J connectivity index is 1.97. The van der Waals surface area contributed by atoms with Crippen molar-refractivity contribution in [1.29, 1.82) is 0 Å². The lowest BCUT2D eigenvalue weighted by molar-refractivity contribution is 0.815. The summed E-state index contributed by atoms with van der Waals surface area (Å²) < 4.78 is 0. The lowest BCUT2D eigenvalue weighted by Crippen LogP contribution is -2.07. The molecule has 1 atom stereocenters. The predicted molar refractivity (Wildman–Crippen MR) is 82.2 cm³/mol. The van der Waals surface area contributed by atoms with Crippen molar-refractivity contribution in [2.24, 2.45) is 0 Å². The van der Waals surface area contributed by atoms with E-state index in [9.17, 15) is 0 Å². The summed E-state index contributed by atoms with van der Waals surface area (Å²) >= 11 is 6.15. The minimum absolute atomic E-state index is 0.368. The van der Waals surface area contributed by atoms with E-state index >= 15 is 0 Å². The molecule has 0 bridgehead atoms. The van der Waals surface area contributed by atoms with E-state index in [1.54, 1.807) is 0 Å². The van der Waals surface area contributed by atoms with Crippen LogP contribution in [0, 0.1) is 20.8 Å². The van der Waals surface area contributed by atoms with Gasteiger partial charge in [0.05, 0.1) is 6.04 Å². The summed E-state index contributed by atoms with van der Waals surface area (Å²) in [7, 11) is 0. The number of halogens is 1. The monoisotopic (exact) mass is 271 g/mol. The maximum Gasteiger partial charge on any atom is 0.0557 e. The van der Waals surface area contributed by atoms with Gasteiger partial charge in [-0.1, -0.05) is 35.4 Å². The normalized spacial score (nSPS) is 17.2. The average Bonchev–Trinajstić information content (AvgIpc) is 2.72. The molecule has 1 heterocycles. The van der Waals surface area contributed by atoms with E-state index in [0.29, 0.717) is 6.04 Å². The average molecular weight is 272 g/mol. The van der Waals surface area contributed by atoms with Crippen molar-refractivity contribution in [1.82, 2.24) is 0 Å². The van der Waals surface area contributed by atoms with E-state index in [4.69, 9.17) is 11.6 Å². The van der Waals surface area contributed by atoms with Gasteiger partial charge in [-0.25, -0.2) is 0 Å². The third kappa shape index (κ3) is 2.23. The fourth-order valence-electron chi connectivity index (χ4n) is 3.03. The number of benzene rings is 2. The van der Waals surface area contributed by atoms with Crippen LogP contribution < -0.4 is 5.32 Å². The van der Waals surface area contributed by atoms with Crippen molar-refractivity contribution >= 4 is 17.3 Å². The SMILES string of the molecule is Cc1ccc(C2Cc3cc(Cl)cc(C)c3N2)c(C)c1. The Morgan fingerprint density at radius 1 is 1.05 bits per heavy atom. The molecule has 0 radical (unpaired) electrons. The topological polar surface area (TPSA) is 12.0 Å². The molecule has 1 nitrogen and oxygen atoms in total. The van der Waals surface area contributed by atoms with E-state index in [2.05, 4.69) is 50.4 Å². The van der Waals surface area contributed by atoms with E-state index in [1.165, 1.54) is 33.5 Å². The second-order valence-corrected chi connectivity index (χ2v) is 5.95. The summed E-state index contributed by atoms with van der Waals surface area (Å²) in [5, 5.41) is 4.48. The molecule has 19 heavy (non-hydrogen) atoms. The van der Waals surface area contributed by atoms with Gasteiger partial charge in [-0.3, -0.25) is 0 Å². The number of aryl methyl sites for hydroxylation is 3. The highest BCUT2D eigenvalue weighted by molar-refractivity contribution is 6.30. The molecule has 2 aromatic carbocycles. The Bertz CT molecular complexity index is 646. The third-order valence-corrected chi connectivity index (χ3v) is 4.14. The highest BCUT2D eigenvalue weighted by Gasteiger charge is 2.24. The zero-order chi connectivity index (χ0) is 13.6. The van der Waals surface area contributed by atoms with Crippen molar-refractivity contribution < 1.29 is 0 Å². The highest BCUT2D eigenvalue weighted by atomic mass is 35.5. The van der Waals surface area contributed by atoms with Crippen molar-refractivity contribution in [3.05, 3.63) is 63.2 Å². The van der Waals surface area contributed by atoms with Gasteiger partial charge < -0.3 is 5.32 Å². The summed E-state index contributed by atoms with van der Waals surface area (Å²) in [6.07, 6.45) is 1.01. The highest BCUT2D eigenvalue weighted by Crippen LogP contribution is 2.39. The first-order valence-corrected chi connectivity index (χ1v) is 7.05. The van der Waals surface area contributed by atoms with Crippen LogP contribution in [-0.4, -0.2) is 0 Å². The van der Waals surface area contributed by atoms with Crippen LogP contribution in [0.3, 0.4) is 0 Å². The molecule has 2 heteroatoms. The smallest absolute Gasteiger partial charge is 0.0557 e. The summed E-state index contributed by atoms with van der Waals surface area (Å²) in [4.78, 5) is 0. The fourth-order valence-corrected chi connectivity index (χ4v) is 3.32. The Morgan fingerprint density at radius 3 is 2.58 bits per heavy atom. The molecule has 3 rings (SSSR count). The molecule has 0 amide bonds.